The zero-order valence-corrected chi connectivity index (χ0v) is 12.8. The number of benzene rings is 1. The molecule has 5 heteroatoms. The van der Waals surface area contributed by atoms with Crippen LogP contribution in [0.2, 0.25) is 5.02 Å². The zero-order valence-electron chi connectivity index (χ0n) is 11.2. The van der Waals surface area contributed by atoms with Crippen LogP contribution in [0.25, 0.3) is 0 Å². The fraction of sp³-hybridized carbons (Fsp3) is 0.500. The molecule has 2 N–H and O–H groups in total. The number of halogens is 1. The smallest absolute Gasteiger partial charge is 0.230 e. The molecule has 2 atom stereocenters. The number of carbonyl (C=O) groups is 1. The van der Waals surface area contributed by atoms with Crippen LogP contribution in [0.5, 0.6) is 0 Å². The maximum absolute atomic E-state index is 11.6. The van der Waals surface area contributed by atoms with Crippen molar-refractivity contribution < 1.29 is 9.90 Å². The fourth-order valence-electron chi connectivity index (χ4n) is 1.73. The molecule has 0 aromatic heterocycles. The molecule has 0 aliphatic carbocycles. The van der Waals surface area contributed by atoms with Gasteiger partial charge in [0.15, 0.2) is 0 Å². The second-order valence-corrected chi connectivity index (χ2v) is 6.09. The van der Waals surface area contributed by atoms with Crippen molar-refractivity contribution >= 4 is 29.3 Å². The molecule has 1 aromatic carbocycles. The van der Waals surface area contributed by atoms with Gasteiger partial charge in [0, 0.05) is 16.8 Å². The van der Waals surface area contributed by atoms with Gasteiger partial charge < -0.3 is 10.4 Å². The molecule has 1 aromatic rings. The zero-order chi connectivity index (χ0) is 14.3. The van der Waals surface area contributed by atoms with E-state index in [0.29, 0.717) is 12.2 Å². The quantitative estimate of drug-likeness (QED) is 0.814. The number of aliphatic hydroxyl groups is 1. The van der Waals surface area contributed by atoms with Crippen molar-refractivity contribution in [1.82, 2.24) is 5.32 Å². The largest absolute Gasteiger partial charge is 0.393 e. The highest BCUT2D eigenvalue weighted by Crippen LogP contribution is 2.15. The first-order valence-electron chi connectivity index (χ1n) is 6.27. The highest BCUT2D eigenvalue weighted by molar-refractivity contribution is 7.99. The minimum Gasteiger partial charge on any atom is -0.393 e. The van der Waals surface area contributed by atoms with Crippen LogP contribution in [-0.2, 0) is 10.5 Å². The molecule has 3 nitrogen and oxygen atoms in total. The molecule has 0 aliphatic rings. The van der Waals surface area contributed by atoms with Crippen molar-refractivity contribution in [3.05, 3.63) is 34.9 Å². The van der Waals surface area contributed by atoms with E-state index in [0.717, 1.165) is 16.3 Å². The molecule has 0 spiro atoms. The molecule has 0 bridgehead atoms. The molecule has 1 amide bonds. The number of carbonyl (C=O) groups excluding carboxylic acids is 1. The third-order valence-electron chi connectivity index (χ3n) is 2.52. The second kappa shape index (κ2) is 8.46. The van der Waals surface area contributed by atoms with Gasteiger partial charge in [0.1, 0.15) is 0 Å². The monoisotopic (exact) mass is 301 g/mol. The minimum atomic E-state index is -0.392. The van der Waals surface area contributed by atoms with Crippen LogP contribution < -0.4 is 5.32 Å². The molecule has 2 unspecified atom stereocenters. The molecule has 0 aliphatic heterocycles. The summed E-state index contributed by atoms with van der Waals surface area (Å²) >= 11 is 7.37. The van der Waals surface area contributed by atoms with Gasteiger partial charge in [0.05, 0.1) is 11.9 Å². The first-order valence-corrected chi connectivity index (χ1v) is 7.80. The summed E-state index contributed by atoms with van der Waals surface area (Å²) in [6.07, 6.45) is 0.185. The standard InChI is InChI=1S/C14H20ClNO2S/c1-10(7-11(2)17)16-14(18)9-19-8-12-3-5-13(15)6-4-12/h3-6,10-11,17H,7-9H2,1-2H3,(H,16,18). The first kappa shape index (κ1) is 16.3. The molecule has 0 fully saturated rings. The van der Waals surface area contributed by atoms with E-state index in [1.807, 2.05) is 31.2 Å². The summed E-state index contributed by atoms with van der Waals surface area (Å²) in [5.74, 6) is 1.22. The predicted octanol–water partition coefficient (Wildman–Crippen LogP) is 2.85. The maximum Gasteiger partial charge on any atom is 0.230 e. The lowest BCUT2D eigenvalue weighted by Gasteiger charge is -2.15. The van der Waals surface area contributed by atoms with E-state index in [1.54, 1.807) is 18.7 Å². The summed E-state index contributed by atoms with van der Waals surface area (Å²) in [5.41, 5.74) is 1.15. The van der Waals surface area contributed by atoms with E-state index in [1.165, 1.54) is 0 Å². The van der Waals surface area contributed by atoms with Gasteiger partial charge in [-0.3, -0.25) is 4.79 Å². The van der Waals surface area contributed by atoms with E-state index in [4.69, 9.17) is 11.6 Å². The summed E-state index contributed by atoms with van der Waals surface area (Å²) in [5, 5.41) is 12.8. The number of rotatable bonds is 7. The highest BCUT2D eigenvalue weighted by Gasteiger charge is 2.09. The van der Waals surface area contributed by atoms with Gasteiger partial charge in [0.25, 0.3) is 0 Å². The first-order chi connectivity index (χ1) is 8.97. The lowest BCUT2D eigenvalue weighted by molar-refractivity contribution is -0.119. The van der Waals surface area contributed by atoms with Gasteiger partial charge >= 0.3 is 0 Å². The number of nitrogens with one attached hydrogen (secondary N) is 1. The predicted molar refractivity (Wildman–Crippen MR) is 81.5 cm³/mol. The van der Waals surface area contributed by atoms with E-state index < -0.39 is 6.10 Å². The van der Waals surface area contributed by atoms with Crippen LogP contribution in [0.4, 0.5) is 0 Å². The van der Waals surface area contributed by atoms with Crippen LogP contribution in [0, 0.1) is 0 Å². The van der Waals surface area contributed by atoms with Gasteiger partial charge in [-0.2, -0.15) is 0 Å². The van der Waals surface area contributed by atoms with Crippen LogP contribution in [0.3, 0.4) is 0 Å². The summed E-state index contributed by atoms with van der Waals surface area (Å²) in [4.78, 5) is 11.6. The number of hydrogen-bond acceptors (Lipinski definition) is 3. The molecule has 1 rings (SSSR count). The third-order valence-corrected chi connectivity index (χ3v) is 3.77. The minimum absolute atomic E-state index is 0.00336. The summed E-state index contributed by atoms with van der Waals surface area (Å²) in [6.45, 7) is 3.62. The van der Waals surface area contributed by atoms with Crippen molar-refractivity contribution in [2.24, 2.45) is 0 Å². The van der Waals surface area contributed by atoms with E-state index in [9.17, 15) is 9.90 Å². The normalized spacial score (nSPS) is 13.9. The van der Waals surface area contributed by atoms with Crippen LogP contribution in [0.1, 0.15) is 25.8 Å². The molecular formula is C14H20ClNO2S. The van der Waals surface area contributed by atoms with Gasteiger partial charge in [-0.15, -0.1) is 11.8 Å². The van der Waals surface area contributed by atoms with Gasteiger partial charge in [-0.25, -0.2) is 0 Å². The third kappa shape index (κ3) is 7.45. The Morgan fingerprint density at radius 1 is 1.37 bits per heavy atom. The Bertz CT molecular complexity index is 395. The van der Waals surface area contributed by atoms with Crippen molar-refractivity contribution in [2.45, 2.75) is 38.2 Å². The Morgan fingerprint density at radius 3 is 2.58 bits per heavy atom. The molecule has 0 radical (unpaired) electrons. The number of hydrogen-bond donors (Lipinski definition) is 2. The molecule has 0 heterocycles. The summed E-state index contributed by atoms with van der Waals surface area (Å²) < 4.78 is 0. The van der Waals surface area contributed by atoms with Crippen molar-refractivity contribution in [1.29, 1.82) is 0 Å². The average molecular weight is 302 g/mol. The molecule has 0 saturated carbocycles. The number of amides is 1. The molecule has 19 heavy (non-hydrogen) atoms. The van der Waals surface area contributed by atoms with Crippen molar-refractivity contribution in [3.8, 4) is 0 Å². The maximum atomic E-state index is 11.6. The molecular weight excluding hydrogens is 282 g/mol. The van der Waals surface area contributed by atoms with E-state index in [-0.39, 0.29) is 11.9 Å². The Labute approximate surface area is 123 Å². The second-order valence-electron chi connectivity index (χ2n) is 4.67. The van der Waals surface area contributed by atoms with Crippen molar-refractivity contribution in [2.75, 3.05) is 5.75 Å². The topological polar surface area (TPSA) is 49.3 Å². The lowest BCUT2D eigenvalue weighted by Crippen LogP contribution is -2.35. The van der Waals surface area contributed by atoms with E-state index in [2.05, 4.69) is 5.32 Å². The molecule has 0 saturated heterocycles. The lowest BCUT2D eigenvalue weighted by atomic mass is 10.1. The highest BCUT2D eigenvalue weighted by atomic mass is 35.5. The number of aliphatic hydroxyl groups excluding tert-OH is 1. The summed E-state index contributed by atoms with van der Waals surface area (Å²) in [6, 6.07) is 7.63. The Morgan fingerprint density at radius 2 is 2.00 bits per heavy atom. The molecule has 106 valence electrons. The van der Waals surface area contributed by atoms with Gasteiger partial charge in [-0.05, 0) is 38.0 Å². The Balaban J connectivity index is 2.21. The average Bonchev–Trinajstić information content (AvgIpc) is 2.30. The van der Waals surface area contributed by atoms with Crippen molar-refractivity contribution in [3.63, 3.8) is 0 Å². The van der Waals surface area contributed by atoms with Crippen LogP contribution >= 0.6 is 23.4 Å². The Kier molecular flexibility index (Phi) is 7.28. The van der Waals surface area contributed by atoms with Crippen LogP contribution in [-0.4, -0.2) is 28.9 Å². The van der Waals surface area contributed by atoms with Crippen LogP contribution in [0.15, 0.2) is 24.3 Å². The Hall–Kier alpha value is -0.710. The number of thioether (sulfide) groups is 1. The van der Waals surface area contributed by atoms with Gasteiger partial charge in [-0.1, -0.05) is 23.7 Å². The fourth-order valence-corrected chi connectivity index (χ4v) is 2.65. The van der Waals surface area contributed by atoms with E-state index >= 15 is 0 Å². The SMILES string of the molecule is CC(O)CC(C)NC(=O)CSCc1ccc(Cl)cc1. The van der Waals surface area contributed by atoms with Gasteiger partial charge in [0.2, 0.25) is 5.91 Å². The summed E-state index contributed by atoms with van der Waals surface area (Å²) in [7, 11) is 0.